The minimum atomic E-state index is -0.872. The summed E-state index contributed by atoms with van der Waals surface area (Å²) in [6.07, 6.45) is 0.654. The summed E-state index contributed by atoms with van der Waals surface area (Å²) >= 11 is 6.17. The van der Waals surface area contributed by atoms with Crippen LogP contribution < -0.4 is 0 Å². The maximum Gasteiger partial charge on any atom is 0.141 e. The highest BCUT2D eigenvalue weighted by molar-refractivity contribution is 6.30. The Morgan fingerprint density at radius 3 is 2.71 bits per heavy atom. The average Bonchev–Trinajstić information content (AvgIpc) is 2.88. The summed E-state index contributed by atoms with van der Waals surface area (Å²) in [5, 5.41) is 15.0. The minimum Gasteiger partial charge on any atom is -0.466 e. The van der Waals surface area contributed by atoms with E-state index in [4.69, 9.17) is 16.0 Å². The van der Waals surface area contributed by atoms with Gasteiger partial charge in [0, 0.05) is 12.6 Å². The van der Waals surface area contributed by atoms with Crippen molar-refractivity contribution < 1.29 is 9.52 Å². The highest BCUT2D eigenvalue weighted by Gasteiger charge is 2.26. The zero-order valence-electron chi connectivity index (χ0n) is 10.0. The van der Waals surface area contributed by atoms with Crippen molar-refractivity contribution in [1.29, 1.82) is 0 Å². The van der Waals surface area contributed by atoms with Crippen LogP contribution in [0, 0.1) is 0 Å². The Morgan fingerprint density at radius 2 is 2.18 bits per heavy atom. The quantitative estimate of drug-likeness (QED) is 0.916. The normalized spacial score (nSPS) is 13.3. The smallest absolute Gasteiger partial charge is 0.141 e. The van der Waals surface area contributed by atoms with Gasteiger partial charge in [-0.3, -0.25) is 4.68 Å². The van der Waals surface area contributed by atoms with E-state index in [9.17, 15) is 5.11 Å². The van der Waals surface area contributed by atoms with Gasteiger partial charge in [0.2, 0.25) is 0 Å². The molecule has 0 aliphatic carbocycles. The highest BCUT2D eigenvalue weighted by atomic mass is 35.5. The lowest BCUT2D eigenvalue weighted by molar-refractivity contribution is 0.188. The van der Waals surface area contributed by atoms with Crippen molar-refractivity contribution in [3.05, 3.63) is 40.6 Å². The molecule has 0 radical (unpaired) electrons. The van der Waals surface area contributed by atoms with Crippen molar-refractivity contribution in [3.63, 3.8) is 0 Å². The number of nitrogens with zero attached hydrogens (tertiary/aromatic N) is 2. The summed E-state index contributed by atoms with van der Waals surface area (Å²) in [6.45, 7) is 4.02. The van der Waals surface area contributed by atoms with Crippen molar-refractivity contribution in [3.8, 4) is 0 Å². The molecular weight excluding hydrogens is 240 g/mol. The van der Waals surface area contributed by atoms with Crippen molar-refractivity contribution in [2.24, 2.45) is 7.05 Å². The van der Waals surface area contributed by atoms with Crippen LogP contribution in [0.4, 0.5) is 0 Å². The number of halogens is 1. The molecule has 1 N–H and O–H groups in total. The van der Waals surface area contributed by atoms with Crippen molar-refractivity contribution in [1.82, 2.24) is 9.78 Å². The van der Waals surface area contributed by atoms with Crippen LogP contribution >= 0.6 is 11.6 Å². The van der Waals surface area contributed by atoms with Crippen LogP contribution in [0.2, 0.25) is 5.15 Å². The van der Waals surface area contributed by atoms with Crippen molar-refractivity contribution in [2.45, 2.75) is 25.9 Å². The third-order valence-corrected chi connectivity index (χ3v) is 3.12. The van der Waals surface area contributed by atoms with Gasteiger partial charge < -0.3 is 9.52 Å². The van der Waals surface area contributed by atoms with E-state index < -0.39 is 6.10 Å². The lowest BCUT2D eigenvalue weighted by atomic mass is 10.0. The number of aliphatic hydroxyl groups excluding tert-OH is 1. The number of aliphatic hydroxyl groups is 1. The molecular formula is C12H15ClN2O2. The van der Waals surface area contributed by atoms with Gasteiger partial charge in [0.05, 0.1) is 12.0 Å². The number of rotatable bonds is 3. The molecule has 0 aliphatic rings. The van der Waals surface area contributed by atoms with Gasteiger partial charge >= 0.3 is 0 Å². The molecule has 0 aromatic carbocycles. The molecule has 0 amide bonds. The van der Waals surface area contributed by atoms with Crippen LogP contribution in [0.5, 0.6) is 0 Å². The molecule has 2 heterocycles. The summed E-state index contributed by atoms with van der Waals surface area (Å²) in [5.74, 6) is 0.662. The zero-order chi connectivity index (χ0) is 12.6. The van der Waals surface area contributed by atoms with E-state index in [2.05, 4.69) is 5.10 Å². The molecule has 1 unspecified atom stereocenters. The monoisotopic (exact) mass is 254 g/mol. The topological polar surface area (TPSA) is 51.2 Å². The molecule has 0 bridgehead atoms. The van der Waals surface area contributed by atoms with E-state index in [1.165, 1.54) is 6.26 Å². The molecule has 0 saturated carbocycles. The molecule has 0 saturated heterocycles. The Bertz CT molecular complexity index is 503. The number of furan rings is 1. The lowest BCUT2D eigenvalue weighted by Gasteiger charge is -2.10. The molecule has 1 atom stereocenters. The standard InChI is InChI=1S/C12H15ClN2O2/c1-7(2)10-9(12(13)15(3)14-10)11(16)8-5-4-6-17-8/h4-7,11,16H,1-3H3. The van der Waals surface area contributed by atoms with Gasteiger partial charge in [-0.15, -0.1) is 0 Å². The number of aromatic nitrogens is 2. The van der Waals surface area contributed by atoms with E-state index in [0.717, 1.165) is 5.69 Å². The van der Waals surface area contributed by atoms with Crippen molar-refractivity contribution in [2.75, 3.05) is 0 Å². The Kier molecular flexibility index (Phi) is 3.26. The summed E-state index contributed by atoms with van der Waals surface area (Å²) in [4.78, 5) is 0. The second kappa shape index (κ2) is 4.55. The van der Waals surface area contributed by atoms with E-state index in [1.54, 1.807) is 23.9 Å². The van der Waals surface area contributed by atoms with Crippen LogP contribution in [0.1, 0.15) is 42.9 Å². The number of aryl methyl sites for hydroxylation is 1. The number of hydrogen-bond donors (Lipinski definition) is 1. The highest BCUT2D eigenvalue weighted by Crippen LogP contribution is 2.34. The summed E-state index contributed by atoms with van der Waals surface area (Å²) in [7, 11) is 1.76. The predicted molar refractivity (Wildman–Crippen MR) is 65.1 cm³/mol. The predicted octanol–water partition coefficient (Wildman–Crippen LogP) is 2.87. The number of hydrogen-bond acceptors (Lipinski definition) is 3. The summed E-state index contributed by atoms with van der Waals surface area (Å²) in [5.41, 5.74) is 1.42. The van der Waals surface area contributed by atoms with Crippen LogP contribution in [0.3, 0.4) is 0 Å². The molecule has 2 aromatic heterocycles. The van der Waals surface area contributed by atoms with Crippen LogP contribution in [-0.4, -0.2) is 14.9 Å². The Labute approximate surface area is 105 Å². The fourth-order valence-corrected chi connectivity index (χ4v) is 2.05. The van der Waals surface area contributed by atoms with Gasteiger partial charge in [-0.2, -0.15) is 5.10 Å². The first-order chi connectivity index (χ1) is 8.02. The summed E-state index contributed by atoms with van der Waals surface area (Å²) < 4.78 is 6.77. The van der Waals surface area contributed by atoms with Crippen molar-refractivity contribution >= 4 is 11.6 Å². The van der Waals surface area contributed by atoms with Crippen LogP contribution in [0.25, 0.3) is 0 Å². The van der Waals surface area contributed by atoms with Crippen LogP contribution in [0.15, 0.2) is 22.8 Å². The van der Waals surface area contributed by atoms with Crippen LogP contribution in [-0.2, 0) is 7.05 Å². The minimum absolute atomic E-state index is 0.188. The first kappa shape index (κ1) is 12.2. The third-order valence-electron chi connectivity index (χ3n) is 2.67. The van der Waals surface area contributed by atoms with Gasteiger partial charge in [-0.1, -0.05) is 25.4 Å². The SMILES string of the molecule is CC(C)c1nn(C)c(Cl)c1C(O)c1ccco1. The molecule has 2 aromatic rings. The van der Waals surface area contributed by atoms with Gasteiger partial charge in [0.25, 0.3) is 0 Å². The Morgan fingerprint density at radius 1 is 1.47 bits per heavy atom. The Balaban J connectivity index is 2.50. The fraction of sp³-hybridized carbons (Fsp3) is 0.417. The van der Waals surface area contributed by atoms with Gasteiger partial charge in [-0.05, 0) is 18.1 Å². The molecule has 17 heavy (non-hydrogen) atoms. The maximum atomic E-state index is 10.3. The third kappa shape index (κ3) is 2.10. The zero-order valence-corrected chi connectivity index (χ0v) is 10.8. The first-order valence-corrected chi connectivity index (χ1v) is 5.84. The molecule has 0 aliphatic heterocycles. The Hall–Kier alpha value is -1.26. The van der Waals surface area contributed by atoms with E-state index in [-0.39, 0.29) is 5.92 Å². The van der Waals surface area contributed by atoms with Gasteiger partial charge in [0.1, 0.15) is 17.0 Å². The lowest BCUT2D eigenvalue weighted by Crippen LogP contribution is -2.03. The average molecular weight is 255 g/mol. The summed E-state index contributed by atoms with van der Waals surface area (Å²) in [6, 6.07) is 3.45. The molecule has 4 nitrogen and oxygen atoms in total. The molecule has 92 valence electrons. The molecule has 0 fully saturated rings. The van der Waals surface area contributed by atoms with E-state index in [1.807, 2.05) is 13.8 Å². The molecule has 5 heteroatoms. The van der Waals surface area contributed by atoms with Gasteiger partial charge in [0.15, 0.2) is 0 Å². The second-order valence-corrected chi connectivity index (χ2v) is 4.64. The van der Waals surface area contributed by atoms with E-state index >= 15 is 0 Å². The van der Waals surface area contributed by atoms with E-state index in [0.29, 0.717) is 16.5 Å². The maximum absolute atomic E-state index is 10.3. The fourth-order valence-electron chi connectivity index (χ4n) is 1.81. The largest absolute Gasteiger partial charge is 0.466 e. The second-order valence-electron chi connectivity index (χ2n) is 4.29. The molecule has 0 spiro atoms. The van der Waals surface area contributed by atoms with Gasteiger partial charge in [-0.25, -0.2) is 0 Å². The first-order valence-electron chi connectivity index (χ1n) is 5.46. The molecule has 2 rings (SSSR count).